The van der Waals surface area contributed by atoms with Crippen LogP contribution in [-0.2, 0) is 0 Å². The summed E-state index contributed by atoms with van der Waals surface area (Å²) < 4.78 is 0. The fourth-order valence-electron chi connectivity index (χ4n) is 16.1. The summed E-state index contributed by atoms with van der Waals surface area (Å²) in [5.41, 5.74) is 14.4. The molecule has 0 aromatic heterocycles. The summed E-state index contributed by atoms with van der Waals surface area (Å²) in [4.78, 5) is 0. The lowest BCUT2D eigenvalue weighted by molar-refractivity contribution is 0.0449. The van der Waals surface area contributed by atoms with Crippen LogP contribution in [0.4, 0.5) is 0 Å². The first-order valence-electron chi connectivity index (χ1n) is 36.7. The number of allylic oxidation sites excluding steroid dienone is 12. The molecule has 0 bridgehead atoms. The smallest absolute Gasteiger partial charge is 0.0167 e. The van der Waals surface area contributed by atoms with Crippen molar-refractivity contribution in [1.29, 1.82) is 0 Å². The zero-order valence-electron chi connectivity index (χ0n) is 61.4. The summed E-state index contributed by atoms with van der Waals surface area (Å²) in [5.74, 6) is 7.50. The van der Waals surface area contributed by atoms with Gasteiger partial charge in [-0.3, -0.25) is 0 Å². The maximum atomic E-state index is 2.54. The van der Waals surface area contributed by atoms with Gasteiger partial charge in [0.1, 0.15) is 0 Å². The molecule has 0 saturated heterocycles. The molecule has 0 heteroatoms. The summed E-state index contributed by atoms with van der Waals surface area (Å²) >= 11 is 0. The quantitative estimate of drug-likeness (QED) is 0.202. The van der Waals surface area contributed by atoms with Crippen LogP contribution in [0.5, 0.6) is 0 Å². The molecule has 9 aliphatic carbocycles. The molecule has 3 fully saturated rings. The Morgan fingerprint density at radius 3 is 1.19 bits per heavy atom. The molecule has 1 unspecified atom stereocenters. The van der Waals surface area contributed by atoms with Crippen molar-refractivity contribution in [3.05, 3.63) is 69.9 Å². The van der Waals surface area contributed by atoms with E-state index in [2.05, 4.69) is 210 Å². The standard InChI is InChI=1S/3C13H24.C12H22.C12H20.C11H20.C9H16/c1-10(2)11-7-12(3,4)9-13(5,6)8-11;1-10(2)11-6-8-12(9-7-11)13(3,4)5;1-5-13(6-2)9-7-12(8-10-13)11(3)4;2*1-10(2)11-4-8-12(9-5-11)6-3-7-12;1-9(2)10-5-7-11(3,4)8-6-10;1-8(2)9-6-4-3-5-7-9/h7,10H,8-9H2,1-6H3;6,10,12H,7-9H2,1-5H3;7,11H,5-6,8-10H2,1-4H3;10-11H,3-9H2,1-2H3;4,10H,3,5-9H2,1-2H3;5,9H,6-8H2,1-4H3;6,8H,3-5,7H2,1-2H3. The summed E-state index contributed by atoms with van der Waals surface area (Å²) in [5, 5.41) is 0. The maximum absolute atomic E-state index is 2.54. The lowest BCUT2D eigenvalue weighted by atomic mass is 9.58. The summed E-state index contributed by atoms with van der Waals surface area (Å²) in [6, 6.07) is 0. The van der Waals surface area contributed by atoms with Gasteiger partial charge in [-0.05, 0) is 258 Å². The van der Waals surface area contributed by atoms with Gasteiger partial charge in [0.2, 0.25) is 0 Å². The minimum Gasteiger partial charge on any atom is -0.0851 e. The predicted octanol–water partition coefficient (Wildman–Crippen LogP) is 28.2. The van der Waals surface area contributed by atoms with Gasteiger partial charge in [0.05, 0.1) is 0 Å². The van der Waals surface area contributed by atoms with E-state index in [1.807, 2.05) is 0 Å². The van der Waals surface area contributed by atoms with E-state index < -0.39 is 0 Å². The van der Waals surface area contributed by atoms with Gasteiger partial charge < -0.3 is 0 Å². The van der Waals surface area contributed by atoms with Crippen molar-refractivity contribution in [3.63, 3.8) is 0 Å². The topological polar surface area (TPSA) is 0 Å². The first-order valence-corrected chi connectivity index (χ1v) is 36.7. The van der Waals surface area contributed by atoms with E-state index in [4.69, 9.17) is 0 Å². The molecule has 0 amide bonds. The molecule has 482 valence electrons. The number of hydrogen-bond acceptors (Lipinski definition) is 0. The van der Waals surface area contributed by atoms with Crippen molar-refractivity contribution in [2.45, 2.75) is 366 Å². The van der Waals surface area contributed by atoms with E-state index in [0.29, 0.717) is 27.1 Å². The lowest BCUT2D eigenvalue weighted by Gasteiger charge is -2.47. The minimum absolute atomic E-state index is 0.404. The van der Waals surface area contributed by atoms with Gasteiger partial charge in [0.25, 0.3) is 0 Å². The highest BCUT2D eigenvalue weighted by atomic mass is 14.5. The molecule has 0 nitrogen and oxygen atoms in total. The van der Waals surface area contributed by atoms with Crippen molar-refractivity contribution in [2.24, 2.45) is 91.2 Å². The zero-order valence-corrected chi connectivity index (χ0v) is 61.4. The molecule has 2 spiro atoms. The minimum atomic E-state index is 0.404. The summed E-state index contributed by atoms with van der Waals surface area (Å²) in [6.07, 6.45) is 57.4. The van der Waals surface area contributed by atoms with Gasteiger partial charge in [-0.15, -0.1) is 0 Å². The van der Waals surface area contributed by atoms with Crippen LogP contribution >= 0.6 is 0 Å². The maximum Gasteiger partial charge on any atom is -0.0167 e. The van der Waals surface area contributed by atoms with Crippen LogP contribution in [0.1, 0.15) is 366 Å². The van der Waals surface area contributed by atoms with E-state index in [0.717, 1.165) is 64.1 Å². The van der Waals surface area contributed by atoms with Gasteiger partial charge in [-0.2, -0.15) is 0 Å². The third-order valence-electron chi connectivity index (χ3n) is 23.5. The SMILES string of the molecule is CC(C)C1=CC(C)(C)CC(C)(C)C1.CC(C)C1=CCC(C(C)(C)C)CC1.CC(C)C1=CCC(C)(C)CC1.CC(C)C1=CCC2(CCC2)CC1.CC(C)C1=CCCCC1.CC(C)C1CCC2(CCC2)CC1.CCC1(CC)CC=C(C(C)C)CC1. The molecule has 3 saturated carbocycles. The second-order valence-electron chi connectivity index (χ2n) is 35.4. The van der Waals surface area contributed by atoms with E-state index in [1.165, 1.54) is 167 Å². The molecule has 0 N–H and O–H groups in total. The molecule has 83 heavy (non-hydrogen) atoms. The van der Waals surface area contributed by atoms with Crippen molar-refractivity contribution in [3.8, 4) is 0 Å². The fraction of sp³-hybridized carbons (Fsp3) is 0.855. The molecule has 9 rings (SSSR count). The molecule has 0 aromatic rings. The third-order valence-corrected chi connectivity index (χ3v) is 23.5. The average Bonchev–Trinajstić information content (AvgIpc) is 3.57. The summed E-state index contributed by atoms with van der Waals surface area (Å²) in [7, 11) is 0. The first kappa shape index (κ1) is 75.7. The molecule has 9 aliphatic rings. The Kier molecular flexibility index (Phi) is 31.4. The van der Waals surface area contributed by atoms with Crippen LogP contribution < -0.4 is 0 Å². The lowest BCUT2D eigenvalue weighted by Crippen LogP contribution is -2.34. The Morgan fingerprint density at radius 2 is 0.880 bits per heavy atom. The van der Waals surface area contributed by atoms with E-state index in [1.54, 1.807) is 59.1 Å². The summed E-state index contributed by atoms with van der Waals surface area (Å²) in [6.45, 7) is 58.5. The molecular weight excluding hydrogens is 997 g/mol. The second kappa shape index (κ2) is 34.4. The molecule has 0 aliphatic heterocycles. The third kappa shape index (κ3) is 26.6. The predicted molar refractivity (Wildman–Crippen MR) is 377 cm³/mol. The van der Waals surface area contributed by atoms with Crippen molar-refractivity contribution < 1.29 is 0 Å². The van der Waals surface area contributed by atoms with Crippen LogP contribution in [0.2, 0.25) is 0 Å². The van der Waals surface area contributed by atoms with Crippen LogP contribution in [0.15, 0.2) is 69.9 Å². The Labute approximate surface area is 524 Å². The van der Waals surface area contributed by atoms with Crippen LogP contribution in [0, 0.1) is 91.2 Å². The van der Waals surface area contributed by atoms with Gasteiger partial charge >= 0.3 is 0 Å². The van der Waals surface area contributed by atoms with Gasteiger partial charge in [-0.1, -0.05) is 269 Å². The number of hydrogen-bond donors (Lipinski definition) is 0. The van der Waals surface area contributed by atoms with Crippen molar-refractivity contribution in [1.82, 2.24) is 0 Å². The Morgan fingerprint density at radius 1 is 0.422 bits per heavy atom. The first-order chi connectivity index (χ1) is 38.5. The van der Waals surface area contributed by atoms with Gasteiger partial charge in [0.15, 0.2) is 0 Å². The normalized spacial score (nSPS) is 24.8. The van der Waals surface area contributed by atoms with Crippen LogP contribution in [0.25, 0.3) is 0 Å². The highest BCUT2D eigenvalue weighted by Crippen LogP contribution is 2.54. The largest absolute Gasteiger partial charge is 0.0851 e. The van der Waals surface area contributed by atoms with E-state index >= 15 is 0 Å². The van der Waals surface area contributed by atoms with Crippen LogP contribution in [-0.4, -0.2) is 0 Å². The van der Waals surface area contributed by atoms with Crippen molar-refractivity contribution in [2.75, 3.05) is 0 Å². The second-order valence-corrected chi connectivity index (χ2v) is 35.4. The molecule has 0 radical (unpaired) electrons. The zero-order chi connectivity index (χ0) is 62.6. The Balaban J connectivity index is 0.000000255. The number of rotatable bonds is 9. The van der Waals surface area contributed by atoms with Gasteiger partial charge in [0, 0.05) is 0 Å². The fourth-order valence-corrected chi connectivity index (χ4v) is 16.1. The highest BCUT2D eigenvalue weighted by molar-refractivity contribution is 5.18. The Hall–Kier alpha value is -1.56. The monoisotopic (exact) mass is 1150 g/mol. The van der Waals surface area contributed by atoms with Crippen LogP contribution in [0.3, 0.4) is 0 Å². The Bertz CT molecular complexity index is 2020. The molecule has 0 heterocycles. The van der Waals surface area contributed by atoms with Gasteiger partial charge in [-0.25, -0.2) is 0 Å². The van der Waals surface area contributed by atoms with E-state index in [-0.39, 0.29) is 0 Å². The molecule has 0 aromatic carbocycles. The van der Waals surface area contributed by atoms with Crippen molar-refractivity contribution >= 4 is 0 Å². The van der Waals surface area contributed by atoms with E-state index in [9.17, 15) is 0 Å². The average molecular weight is 1150 g/mol. The highest BCUT2D eigenvalue weighted by Gasteiger charge is 2.41. The molecular formula is C83H150. The molecule has 1 atom stereocenters.